The Hall–Kier alpha value is -3.52. The van der Waals surface area contributed by atoms with E-state index in [4.69, 9.17) is 13.9 Å². The number of benzene rings is 1. The van der Waals surface area contributed by atoms with Gasteiger partial charge in [0.1, 0.15) is 34.6 Å². The summed E-state index contributed by atoms with van der Waals surface area (Å²) in [6, 6.07) is 9.63. The third-order valence-corrected chi connectivity index (χ3v) is 6.33. The van der Waals surface area contributed by atoms with Crippen molar-refractivity contribution in [3.05, 3.63) is 75.4 Å². The normalized spacial score (nSPS) is 17.9. The first-order valence-corrected chi connectivity index (χ1v) is 10.4. The Morgan fingerprint density at radius 3 is 2.39 bits per heavy atom. The highest BCUT2D eigenvalue weighted by molar-refractivity contribution is 7.10. The molecule has 3 heterocycles. The lowest BCUT2D eigenvalue weighted by molar-refractivity contribution is -0.140. The van der Waals surface area contributed by atoms with Gasteiger partial charge in [0.2, 0.25) is 0 Å². The minimum atomic E-state index is -0.769. The van der Waals surface area contributed by atoms with Crippen molar-refractivity contribution in [2.45, 2.75) is 19.5 Å². The summed E-state index contributed by atoms with van der Waals surface area (Å²) in [4.78, 5) is 28.4. The fraction of sp³-hybridized carbons (Fsp3) is 0.217. The second kappa shape index (κ2) is 8.31. The lowest BCUT2D eigenvalue weighted by atomic mass is 9.97. The molecule has 1 aliphatic heterocycles. The fourth-order valence-corrected chi connectivity index (χ4v) is 4.82. The molecule has 4 rings (SSSR count). The molecule has 0 bridgehead atoms. The molecule has 8 heteroatoms. The second-order valence-corrected chi connectivity index (χ2v) is 7.96. The van der Waals surface area contributed by atoms with Crippen molar-refractivity contribution in [1.29, 1.82) is 0 Å². The first-order chi connectivity index (χ1) is 15.0. The van der Waals surface area contributed by atoms with Gasteiger partial charge >= 0.3 is 0 Å². The van der Waals surface area contributed by atoms with Crippen LogP contribution in [-0.4, -0.2) is 35.9 Å². The Morgan fingerprint density at radius 2 is 1.84 bits per heavy atom. The smallest absolute Gasteiger partial charge is 0.296 e. The van der Waals surface area contributed by atoms with Gasteiger partial charge in [-0.25, -0.2) is 0 Å². The molecular weight excluding hydrogens is 418 g/mol. The summed E-state index contributed by atoms with van der Waals surface area (Å²) in [6.45, 7) is 2.00. The fourth-order valence-electron chi connectivity index (χ4n) is 3.77. The lowest BCUT2D eigenvalue weighted by Crippen LogP contribution is -2.28. The minimum Gasteiger partial charge on any atom is -0.506 e. The van der Waals surface area contributed by atoms with E-state index in [1.807, 2.05) is 18.4 Å². The molecule has 1 aromatic carbocycles. The van der Waals surface area contributed by atoms with Gasteiger partial charge in [0, 0.05) is 4.88 Å². The summed E-state index contributed by atoms with van der Waals surface area (Å²) in [5.41, 5.74) is 1.13. The topological polar surface area (TPSA) is 89.2 Å². The van der Waals surface area contributed by atoms with Crippen LogP contribution < -0.4 is 9.47 Å². The van der Waals surface area contributed by atoms with Crippen LogP contribution >= 0.6 is 11.3 Å². The van der Waals surface area contributed by atoms with Gasteiger partial charge in [-0.1, -0.05) is 6.07 Å². The van der Waals surface area contributed by atoms with Crippen LogP contribution in [0.15, 0.2) is 58.0 Å². The number of carbonyl (C=O) groups excluding carboxylic acids is 2. The quantitative estimate of drug-likeness (QED) is 0.350. The predicted molar refractivity (Wildman–Crippen MR) is 115 cm³/mol. The van der Waals surface area contributed by atoms with Crippen LogP contribution in [0.4, 0.5) is 0 Å². The Kier molecular flexibility index (Phi) is 5.56. The van der Waals surface area contributed by atoms with Crippen LogP contribution in [0.3, 0.4) is 0 Å². The van der Waals surface area contributed by atoms with E-state index >= 15 is 0 Å². The molecule has 1 N–H and O–H groups in total. The van der Waals surface area contributed by atoms with Gasteiger partial charge in [0.25, 0.3) is 11.7 Å². The van der Waals surface area contributed by atoms with E-state index in [-0.39, 0.29) is 23.4 Å². The Labute approximate surface area is 183 Å². The van der Waals surface area contributed by atoms with Gasteiger partial charge in [0.15, 0.2) is 0 Å². The molecular formula is C23H21NO6S. The zero-order valence-electron chi connectivity index (χ0n) is 17.2. The van der Waals surface area contributed by atoms with Crippen LogP contribution in [0.2, 0.25) is 0 Å². The number of rotatable bonds is 6. The molecule has 7 nitrogen and oxygen atoms in total. The molecule has 1 unspecified atom stereocenters. The number of likely N-dealkylation sites (tertiary alicyclic amines) is 1. The van der Waals surface area contributed by atoms with Crippen LogP contribution in [-0.2, 0) is 16.1 Å². The van der Waals surface area contributed by atoms with Crippen molar-refractivity contribution >= 4 is 28.8 Å². The minimum absolute atomic E-state index is 0.00935. The maximum atomic E-state index is 13.2. The molecule has 1 atom stereocenters. The van der Waals surface area contributed by atoms with Crippen molar-refractivity contribution in [1.82, 2.24) is 4.90 Å². The van der Waals surface area contributed by atoms with Crippen LogP contribution in [0.1, 0.15) is 27.8 Å². The largest absolute Gasteiger partial charge is 0.506 e. The Balaban J connectivity index is 1.94. The number of amides is 1. The number of aliphatic hydroxyl groups excluding tert-OH is 1. The number of furan rings is 1. The molecule has 0 aliphatic carbocycles. The second-order valence-electron chi connectivity index (χ2n) is 7.01. The number of carbonyl (C=O) groups is 2. The van der Waals surface area contributed by atoms with Crippen molar-refractivity contribution in [3.8, 4) is 11.5 Å². The molecule has 0 saturated carbocycles. The van der Waals surface area contributed by atoms with Crippen molar-refractivity contribution in [2.75, 3.05) is 14.2 Å². The number of Topliss-reactive ketones (excluding diaryl/α,β-unsaturated/α-hetero) is 1. The Bertz CT molecular complexity index is 1140. The van der Waals surface area contributed by atoms with E-state index in [2.05, 4.69) is 0 Å². The number of ketones is 1. The molecule has 0 radical (unpaired) electrons. The molecule has 0 spiro atoms. The number of hydrogen-bond acceptors (Lipinski definition) is 7. The lowest BCUT2D eigenvalue weighted by Gasteiger charge is -2.24. The summed E-state index contributed by atoms with van der Waals surface area (Å²) in [5.74, 6) is -0.616. The van der Waals surface area contributed by atoms with E-state index in [9.17, 15) is 14.7 Å². The molecule has 31 heavy (non-hydrogen) atoms. The maximum Gasteiger partial charge on any atom is 0.296 e. The average Bonchev–Trinajstić information content (AvgIpc) is 3.50. The van der Waals surface area contributed by atoms with Gasteiger partial charge in [-0.05, 0) is 48.2 Å². The number of aliphatic hydroxyl groups is 1. The summed E-state index contributed by atoms with van der Waals surface area (Å²) >= 11 is 1.42. The number of methoxy groups -OCH3 is 2. The van der Waals surface area contributed by atoms with Crippen LogP contribution in [0.5, 0.6) is 11.5 Å². The van der Waals surface area contributed by atoms with Crippen molar-refractivity contribution in [2.24, 2.45) is 0 Å². The van der Waals surface area contributed by atoms with Gasteiger partial charge in [-0.3, -0.25) is 9.59 Å². The van der Waals surface area contributed by atoms with E-state index in [0.717, 1.165) is 10.4 Å². The van der Waals surface area contributed by atoms with E-state index in [1.54, 1.807) is 30.3 Å². The summed E-state index contributed by atoms with van der Waals surface area (Å²) in [5, 5.41) is 13.2. The first-order valence-electron chi connectivity index (χ1n) is 9.54. The van der Waals surface area contributed by atoms with Gasteiger partial charge < -0.3 is 23.9 Å². The highest BCUT2D eigenvalue weighted by Gasteiger charge is 2.47. The number of ether oxygens (including phenoxy) is 2. The number of hydrogen-bond donors (Lipinski definition) is 1. The van der Waals surface area contributed by atoms with Crippen molar-refractivity contribution < 1.29 is 28.6 Å². The third-order valence-electron chi connectivity index (χ3n) is 5.26. The summed E-state index contributed by atoms with van der Waals surface area (Å²) in [7, 11) is 2.92. The monoisotopic (exact) mass is 439 g/mol. The van der Waals surface area contributed by atoms with Crippen LogP contribution in [0.25, 0.3) is 5.76 Å². The molecule has 1 saturated heterocycles. The molecule has 160 valence electrons. The highest BCUT2D eigenvalue weighted by Crippen LogP contribution is 2.45. The first kappa shape index (κ1) is 20.7. The van der Waals surface area contributed by atoms with E-state index in [1.165, 1.54) is 36.7 Å². The van der Waals surface area contributed by atoms with E-state index < -0.39 is 17.7 Å². The molecule has 1 amide bonds. The number of aryl methyl sites for hydroxylation is 1. The average molecular weight is 439 g/mol. The molecule has 2 aromatic heterocycles. The molecule has 1 aliphatic rings. The van der Waals surface area contributed by atoms with Crippen LogP contribution in [0, 0.1) is 6.92 Å². The van der Waals surface area contributed by atoms with Gasteiger partial charge in [-0.15, -0.1) is 11.3 Å². The highest BCUT2D eigenvalue weighted by atomic mass is 32.1. The maximum absolute atomic E-state index is 13.2. The van der Waals surface area contributed by atoms with Crippen molar-refractivity contribution in [3.63, 3.8) is 0 Å². The standard InChI is InChI=1S/C23H21NO6S/c1-13-9-11-31-22(13)19-18(20(25)17-15(28-2)7-4-8-16(17)29-3)21(26)23(27)24(19)12-14-6-5-10-30-14/h4-11,19,25H,12H2,1-3H3/b20-18+. The zero-order chi connectivity index (χ0) is 22.1. The van der Waals surface area contributed by atoms with E-state index in [0.29, 0.717) is 17.3 Å². The molecule has 3 aromatic rings. The van der Waals surface area contributed by atoms with Gasteiger partial charge in [-0.2, -0.15) is 0 Å². The number of nitrogens with zero attached hydrogens (tertiary/aromatic N) is 1. The summed E-state index contributed by atoms with van der Waals surface area (Å²) in [6.07, 6.45) is 1.51. The SMILES string of the molecule is COc1cccc(OC)c1/C(O)=C1\C(=O)C(=O)N(Cc2ccco2)C1c1sccc1C. The molecule has 1 fully saturated rings. The zero-order valence-corrected chi connectivity index (χ0v) is 18.1. The predicted octanol–water partition coefficient (Wildman–Crippen LogP) is 4.29. The number of thiophene rings is 1. The summed E-state index contributed by atoms with van der Waals surface area (Å²) < 4.78 is 16.2. The third kappa shape index (κ3) is 3.48. The Morgan fingerprint density at radius 1 is 1.13 bits per heavy atom. The van der Waals surface area contributed by atoms with Gasteiger partial charge in [0.05, 0.1) is 32.6 Å².